The Hall–Kier alpha value is -3.40. The van der Waals surface area contributed by atoms with Crippen LogP contribution in [0.15, 0.2) is 84.9 Å². The fraction of sp³-hybridized carbons (Fsp3) is 0.231. The predicted octanol–water partition coefficient (Wildman–Crippen LogP) is 4.66. The molecule has 0 spiro atoms. The number of carbonyl (C=O) groups excluding carboxylic acids is 2. The molecule has 0 aliphatic rings. The van der Waals surface area contributed by atoms with Crippen molar-refractivity contribution in [1.82, 2.24) is 10.6 Å². The molecule has 30 heavy (non-hydrogen) atoms. The first-order valence-electron chi connectivity index (χ1n) is 10.2. The van der Waals surface area contributed by atoms with Crippen LogP contribution in [0.3, 0.4) is 0 Å². The van der Waals surface area contributed by atoms with E-state index in [2.05, 4.69) is 10.6 Å². The summed E-state index contributed by atoms with van der Waals surface area (Å²) < 4.78 is 0. The Morgan fingerprint density at radius 2 is 1.20 bits per heavy atom. The molecule has 0 aliphatic heterocycles. The number of carbonyl (C=O) groups is 2. The van der Waals surface area contributed by atoms with Crippen LogP contribution in [0.25, 0.3) is 0 Å². The van der Waals surface area contributed by atoms with Crippen molar-refractivity contribution in [2.75, 3.05) is 0 Å². The topological polar surface area (TPSA) is 58.2 Å². The number of hydrogen-bond donors (Lipinski definition) is 2. The summed E-state index contributed by atoms with van der Waals surface area (Å²) in [4.78, 5) is 25.9. The van der Waals surface area contributed by atoms with Gasteiger partial charge in [0.2, 0.25) is 5.91 Å². The minimum absolute atomic E-state index is 0.0633. The van der Waals surface area contributed by atoms with E-state index in [0.717, 1.165) is 16.7 Å². The molecule has 0 unspecified atom stereocenters. The quantitative estimate of drug-likeness (QED) is 0.606. The molecule has 0 aromatic heterocycles. The van der Waals surface area contributed by atoms with Crippen LogP contribution in [0.5, 0.6) is 0 Å². The van der Waals surface area contributed by atoms with E-state index in [4.69, 9.17) is 0 Å². The Kier molecular flexibility index (Phi) is 7.02. The standard InChI is InChI=1S/C26H28N2O2/c1-18(2)23(27-25(29)22-16-14-19(3)15-17-22)26(30)28-24(20-10-6-4-7-11-20)21-12-8-5-9-13-21/h4-18,23-24H,1-3H3,(H,27,29)(H,28,30)/t23-/m0/s1. The molecular weight excluding hydrogens is 372 g/mol. The van der Waals surface area contributed by atoms with E-state index < -0.39 is 6.04 Å². The summed E-state index contributed by atoms with van der Waals surface area (Å²) in [6, 6.07) is 26.1. The van der Waals surface area contributed by atoms with Gasteiger partial charge in [-0.05, 0) is 36.1 Å². The molecule has 0 saturated carbocycles. The van der Waals surface area contributed by atoms with E-state index in [-0.39, 0.29) is 23.8 Å². The lowest BCUT2D eigenvalue weighted by atomic mass is 9.96. The van der Waals surface area contributed by atoms with E-state index in [9.17, 15) is 9.59 Å². The van der Waals surface area contributed by atoms with Crippen molar-refractivity contribution < 1.29 is 9.59 Å². The zero-order chi connectivity index (χ0) is 21.5. The third kappa shape index (κ3) is 5.35. The van der Waals surface area contributed by atoms with Gasteiger partial charge in [0, 0.05) is 5.56 Å². The van der Waals surface area contributed by atoms with Gasteiger partial charge in [0.1, 0.15) is 6.04 Å². The fourth-order valence-corrected chi connectivity index (χ4v) is 3.35. The molecule has 0 aliphatic carbocycles. The largest absolute Gasteiger partial charge is 0.343 e. The summed E-state index contributed by atoms with van der Waals surface area (Å²) in [7, 11) is 0. The first-order valence-corrected chi connectivity index (χ1v) is 10.2. The molecule has 4 heteroatoms. The molecule has 3 aromatic rings. The van der Waals surface area contributed by atoms with Crippen molar-refractivity contribution in [3.05, 3.63) is 107 Å². The monoisotopic (exact) mass is 400 g/mol. The molecule has 154 valence electrons. The Morgan fingerprint density at radius 1 is 0.700 bits per heavy atom. The van der Waals surface area contributed by atoms with Crippen molar-refractivity contribution >= 4 is 11.8 Å². The second-order valence-corrected chi connectivity index (χ2v) is 7.82. The maximum absolute atomic E-state index is 13.2. The van der Waals surface area contributed by atoms with E-state index in [0.29, 0.717) is 5.56 Å². The van der Waals surface area contributed by atoms with Gasteiger partial charge in [0.25, 0.3) is 5.91 Å². The van der Waals surface area contributed by atoms with Crippen molar-refractivity contribution in [2.45, 2.75) is 32.9 Å². The van der Waals surface area contributed by atoms with Gasteiger partial charge in [0.15, 0.2) is 0 Å². The second-order valence-electron chi connectivity index (χ2n) is 7.82. The minimum atomic E-state index is -0.645. The summed E-state index contributed by atoms with van der Waals surface area (Å²) in [5.74, 6) is -0.519. The number of amides is 2. The average Bonchev–Trinajstić information content (AvgIpc) is 2.77. The zero-order valence-electron chi connectivity index (χ0n) is 17.6. The number of rotatable bonds is 7. The summed E-state index contributed by atoms with van der Waals surface area (Å²) in [5.41, 5.74) is 3.61. The first-order chi connectivity index (χ1) is 14.5. The smallest absolute Gasteiger partial charge is 0.251 e. The Balaban J connectivity index is 1.81. The predicted molar refractivity (Wildman–Crippen MR) is 120 cm³/mol. The highest BCUT2D eigenvalue weighted by atomic mass is 16.2. The third-order valence-corrected chi connectivity index (χ3v) is 5.10. The highest BCUT2D eigenvalue weighted by Gasteiger charge is 2.27. The molecule has 0 bridgehead atoms. The lowest BCUT2D eigenvalue weighted by Gasteiger charge is -2.26. The van der Waals surface area contributed by atoms with Crippen molar-refractivity contribution in [3.63, 3.8) is 0 Å². The van der Waals surface area contributed by atoms with Crippen LogP contribution in [-0.4, -0.2) is 17.9 Å². The van der Waals surface area contributed by atoms with E-state index in [1.54, 1.807) is 12.1 Å². The summed E-state index contributed by atoms with van der Waals surface area (Å²) in [5, 5.41) is 6.05. The lowest BCUT2D eigenvalue weighted by Crippen LogP contribution is -2.50. The van der Waals surface area contributed by atoms with Gasteiger partial charge in [-0.15, -0.1) is 0 Å². The van der Waals surface area contributed by atoms with Gasteiger partial charge in [-0.2, -0.15) is 0 Å². The fourth-order valence-electron chi connectivity index (χ4n) is 3.35. The lowest BCUT2D eigenvalue weighted by molar-refractivity contribution is -0.124. The van der Waals surface area contributed by atoms with E-state index in [1.165, 1.54) is 0 Å². The van der Waals surface area contributed by atoms with E-state index >= 15 is 0 Å². The van der Waals surface area contributed by atoms with Crippen LogP contribution in [0, 0.1) is 12.8 Å². The molecule has 3 rings (SSSR count). The third-order valence-electron chi connectivity index (χ3n) is 5.10. The number of benzene rings is 3. The summed E-state index contributed by atoms with van der Waals surface area (Å²) >= 11 is 0. The molecule has 4 nitrogen and oxygen atoms in total. The van der Waals surface area contributed by atoms with Crippen molar-refractivity contribution in [2.24, 2.45) is 5.92 Å². The molecule has 3 aromatic carbocycles. The van der Waals surface area contributed by atoms with Crippen LogP contribution in [0.1, 0.15) is 46.9 Å². The molecule has 1 atom stereocenters. The van der Waals surface area contributed by atoms with Gasteiger partial charge in [-0.3, -0.25) is 9.59 Å². The summed E-state index contributed by atoms with van der Waals surface area (Å²) in [6.07, 6.45) is 0. The van der Waals surface area contributed by atoms with Gasteiger partial charge in [-0.1, -0.05) is 92.2 Å². The number of hydrogen-bond acceptors (Lipinski definition) is 2. The Bertz CT molecular complexity index is 927. The number of nitrogens with one attached hydrogen (secondary N) is 2. The van der Waals surface area contributed by atoms with E-state index in [1.807, 2.05) is 93.6 Å². The molecule has 0 heterocycles. The number of aryl methyl sites for hydroxylation is 1. The van der Waals surface area contributed by atoms with Crippen LogP contribution in [0.4, 0.5) is 0 Å². The molecule has 2 amide bonds. The molecular formula is C26H28N2O2. The maximum atomic E-state index is 13.2. The summed E-state index contributed by atoms with van der Waals surface area (Å²) in [6.45, 7) is 5.83. The minimum Gasteiger partial charge on any atom is -0.343 e. The van der Waals surface area contributed by atoms with Gasteiger partial charge < -0.3 is 10.6 Å². The average molecular weight is 401 g/mol. The normalized spacial score (nSPS) is 11.9. The zero-order valence-corrected chi connectivity index (χ0v) is 17.6. The SMILES string of the molecule is Cc1ccc(C(=O)N[C@H](C(=O)NC(c2ccccc2)c2ccccc2)C(C)C)cc1. The second kappa shape index (κ2) is 9.88. The first kappa shape index (κ1) is 21.3. The highest BCUT2D eigenvalue weighted by Crippen LogP contribution is 2.22. The Labute approximate surface area is 178 Å². The van der Waals surface area contributed by atoms with Crippen molar-refractivity contribution in [1.29, 1.82) is 0 Å². The van der Waals surface area contributed by atoms with Crippen LogP contribution >= 0.6 is 0 Å². The van der Waals surface area contributed by atoms with Crippen LogP contribution in [0.2, 0.25) is 0 Å². The molecule has 0 fully saturated rings. The molecule has 0 saturated heterocycles. The molecule has 0 radical (unpaired) electrons. The van der Waals surface area contributed by atoms with Gasteiger partial charge in [0.05, 0.1) is 6.04 Å². The Morgan fingerprint density at radius 3 is 1.67 bits per heavy atom. The maximum Gasteiger partial charge on any atom is 0.251 e. The highest BCUT2D eigenvalue weighted by molar-refractivity contribution is 5.97. The van der Waals surface area contributed by atoms with Gasteiger partial charge in [-0.25, -0.2) is 0 Å². The molecule has 2 N–H and O–H groups in total. The van der Waals surface area contributed by atoms with Crippen LogP contribution < -0.4 is 10.6 Å². The van der Waals surface area contributed by atoms with Crippen LogP contribution in [-0.2, 0) is 4.79 Å². The van der Waals surface area contributed by atoms with Crippen molar-refractivity contribution in [3.8, 4) is 0 Å². The van der Waals surface area contributed by atoms with Gasteiger partial charge >= 0.3 is 0 Å².